The second-order valence-corrected chi connectivity index (χ2v) is 28.4. The van der Waals surface area contributed by atoms with Crippen molar-refractivity contribution in [3.05, 3.63) is 47.1 Å². The summed E-state index contributed by atoms with van der Waals surface area (Å²) in [5.74, 6) is 0.158. The third kappa shape index (κ3) is 9.74. The van der Waals surface area contributed by atoms with Crippen molar-refractivity contribution in [3.63, 3.8) is 0 Å². The van der Waals surface area contributed by atoms with Gasteiger partial charge in [-0.25, -0.2) is 4.79 Å². The first kappa shape index (κ1) is 41.2. The lowest BCUT2D eigenvalue weighted by Crippen LogP contribution is -2.49. The van der Waals surface area contributed by atoms with Crippen LogP contribution in [0.2, 0.25) is 36.3 Å². The van der Waals surface area contributed by atoms with Gasteiger partial charge in [0.1, 0.15) is 12.2 Å². The number of carbonyl (C=O) groups excluding carboxylic acids is 1. The Bertz CT molecular complexity index is 1260. The van der Waals surface area contributed by atoms with Gasteiger partial charge in [0.2, 0.25) is 0 Å². The first-order valence-electron chi connectivity index (χ1n) is 18.8. The average molecular weight is 701 g/mol. The van der Waals surface area contributed by atoms with Crippen LogP contribution in [0.3, 0.4) is 0 Å². The summed E-state index contributed by atoms with van der Waals surface area (Å²) >= 11 is 0. The molecule has 0 spiro atoms. The average Bonchev–Trinajstić information content (AvgIpc) is 3.28. The standard InChI is InChI=1S/C41H72O5Si2/c1-17-24-40(10,11)44-37(42)28-43-30(3)34-22-23-35-31(19-18-25-41(34,35)12)20-21-32-26-33(45-47(13,14)38(4,5)6)27-36(29(32)2)46-48(15,16)39(7,8)9/h20-22,30,33,35-36H,2,17-19,23-28H2,1,3-16H3/t30-,33+,35-,36-,41+/m0/s1. The quantitative estimate of drug-likeness (QED) is 0.115. The van der Waals surface area contributed by atoms with Crippen LogP contribution in [0.5, 0.6) is 0 Å². The molecule has 3 aliphatic rings. The van der Waals surface area contributed by atoms with Gasteiger partial charge in [-0.05, 0) is 124 Å². The molecule has 0 heterocycles. The van der Waals surface area contributed by atoms with E-state index in [-0.39, 0.29) is 46.4 Å². The van der Waals surface area contributed by atoms with E-state index in [1.807, 2.05) is 13.8 Å². The Morgan fingerprint density at radius 3 is 2.21 bits per heavy atom. The lowest BCUT2D eigenvalue weighted by Gasteiger charge is -2.45. The lowest BCUT2D eigenvalue weighted by molar-refractivity contribution is -0.163. The molecule has 0 aromatic heterocycles. The van der Waals surface area contributed by atoms with Crippen LogP contribution in [0, 0.1) is 11.3 Å². The summed E-state index contributed by atoms with van der Waals surface area (Å²) in [7, 11) is -3.98. The smallest absolute Gasteiger partial charge is 0.332 e. The predicted octanol–water partition coefficient (Wildman–Crippen LogP) is 11.6. The van der Waals surface area contributed by atoms with Crippen LogP contribution >= 0.6 is 0 Å². The highest BCUT2D eigenvalue weighted by Gasteiger charge is 2.47. The zero-order chi connectivity index (χ0) is 36.5. The fourth-order valence-corrected chi connectivity index (χ4v) is 10.2. The van der Waals surface area contributed by atoms with Gasteiger partial charge in [0.05, 0.1) is 18.3 Å². The number of carbonyl (C=O) groups is 1. The number of fused-ring (bicyclic) bond motifs is 1. The zero-order valence-corrected chi connectivity index (χ0v) is 35.7. The molecule has 2 fully saturated rings. The maximum Gasteiger partial charge on any atom is 0.332 e. The van der Waals surface area contributed by atoms with Crippen molar-refractivity contribution in [2.75, 3.05) is 6.61 Å². The molecule has 0 saturated heterocycles. The molecule has 0 aliphatic heterocycles. The van der Waals surface area contributed by atoms with Crippen LogP contribution in [0.1, 0.15) is 128 Å². The van der Waals surface area contributed by atoms with Crippen molar-refractivity contribution >= 4 is 22.6 Å². The number of hydrogen-bond donors (Lipinski definition) is 0. The van der Waals surface area contributed by atoms with Crippen molar-refractivity contribution in [1.82, 2.24) is 0 Å². The van der Waals surface area contributed by atoms with Crippen LogP contribution in [-0.2, 0) is 23.1 Å². The molecule has 7 heteroatoms. The summed E-state index contributed by atoms with van der Waals surface area (Å²) in [4.78, 5) is 12.6. The second kappa shape index (κ2) is 15.2. The minimum atomic E-state index is -2.02. The van der Waals surface area contributed by atoms with E-state index in [0.29, 0.717) is 5.92 Å². The van der Waals surface area contributed by atoms with E-state index in [2.05, 4.69) is 113 Å². The molecule has 3 rings (SSSR count). The van der Waals surface area contributed by atoms with Crippen LogP contribution in [0.15, 0.2) is 47.1 Å². The molecule has 2 saturated carbocycles. The predicted molar refractivity (Wildman–Crippen MR) is 207 cm³/mol. The topological polar surface area (TPSA) is 54.0 Å². The molecule has 0 aromatic carbocycles. The molecule has 0 bridgehead atoms. The van der Waals surface area contributed by atoms with Gasteiger partial charge in [-0.3, -0.25) is 0 Å². The van der Waals surface area contributed by atoms with E-state index in [9.17, 15) is 4.79 Å². The molecule has 48 heavy (non-hydrogen) atoms. The van der Waals surface area contributed by atoms with Crippen LogP contribution < -0.4 is 0 Å². The van der Waals surface area contributed by atoms with E-state index < -0.39 is 22.2 Å². The fourth-order valence-electron chi connectivity index (χ4n) is 7.52. The fraction of sp³-hybridized carbons (Fsp3) is 0.780. The Balaban J connectivity index is 1.82. The molecule has 0 N–H and O–H groups in total. The minimum absolute atomic E-state index is 0.0144. The Morgan fingerprint density at radius 1 is 1.02 bits per heavy atom. The van der Waals surface area contributed by atoms with Crippen molar-refractivity contribution in [3.8, 4) is 0 Å². The molecular formula is C41H72O5Si2. The Kier molecular flexibility index (Phi) is 13.0. The monoisotopic (exact) mass is 700 g/mol. The summed E-state index contributed by atoms with van der Waals surface area (Å²) in [5, 5.41) is 0.272. The highest BCUT2D eigenvalue weighted by molar-refractivity contribution is 6.74. The van der Waals surface area contributed by atoms with Crippen molar-refractivity contribution < 1.29 is 23.1 Å². The first-order chi connectivity index (χ1) is 21.8. The molecule has 5 nitrogen and oxygen atoms in total. The van der Waals surface area contributed by atoms with E-state index in [4.69, 9.17) is 18.3 Å². The molecule has 3 aliphatic carbocycles. The zero-order valence-electron chi connectivity index (χ0n) is 33.7. The summed E-state index contributed by atoms with van der Waals surface area (Å²) in [5.41, 5.74) is 4.82. The van der Waals surface area contributed by atoms with Gasteiger partial charge >= 0.3 is 5.97 Å². The number of allylic oxidation sites excluding steroid dienone is 4. The maximum absolute atomic E-state index is 12.6. The Hall–Kier alpha value is -1.26. The third-order valence-corrected chi connectivity index (χ3v) is 21.5. The first-order valence-corrected chi connectivity index (χ1v) is 24.6. The number of hydrogen-bond acceptors (Lipinski definition) is 5. The van der Waals surface area contributed by atoms with E-state index >= 15 is 0 Å². The van der Waals surface area contributed by atoms with E-state index in [1.165, 1.54) is 16.7 Å². The third-order valence-electron chi connectivity index (χ3n) is 12.5. The molecule has 0 amide bonds. The van der Waals surface area contributed by atoms with Crippen molar-refractivity contribution in [2.24, 2.45) is 11.3 Å². The van der Waals surface area contributed by atoms with E-state index in [0.717, 1.165) is 56.9 Å². The largest absolute Gasteiger partial charge is 0.458 e. The number of ether oxygens (including phenoxy) is 2. The summed E-state index contributed by atoms with van der Waals surface area (Å²) in [6, 6.07) is 0. The second-order valence-electron chi connectivity index (χ2n) is 18.9. The van der Waals surface area contributed by atoms with Gasteiger partial charge in [0.15, 0.2) is 16.6 Å². The van der Waals surface area contributed by atoms with Crippen LogP contribution in [0.4, 0.5) is 0 Å². The highest BCUT2D eigenvalue weighted by Crippen LogP contribution is 2.56. The highest BCUT2D eigenvalue weighted by atomic mass is 28.4. The van der Waals surface area contributed by atoms with Gasteiger partial charge in [-0.15, -0.1) is 0 Å². The van der Waals surface area contributed by atoms with Crippen molar-refractivity contribution in [2.45, 2.75) is 188 Å². The van der Waals surface area contributed by atoms with Gasteiger partial charge in [-0.2, -0.15) is 0 Å². The molecular weight excluding hydrogens is 629 g/mol. The summed E-state index contributed by atoms with van der Waals surface area (Å²) in [6.07, 6.45) is 15.1. The SMILES string of the molecule is C=C1C(=CC=C2CCC[C@]3(C)C([C@H](C)OCC(=O)OC(C)(C)CCC)=CC[C@@H]23)C[C@@H](O[Si](C)(C)C(C)(C)C)C[C@@H]1O[Si](C)(C)C(C)(C)C. The molecule has 0 radical (unpaired) electrons. The molecule has 274 valence electrons. The van der Waals surface area contributed by atoms with Crippen molar-refractivity contribution in [1.29, 1.82) is 0 Å². The molecule has 5 atom stereocenters. The van der Waals surface area contributed by atoms with Crippen LogP contribution in [-0.4, -0.2) is 53.1 Å². The summed E-state index contributed by atoms with van der Waals surface area (Å²) < 4.78 is 26.0. The Labute approximate surface area is 297 Å². The minimum Gasteiger partial charge on any atom is -0.458 e. The number of rotatable bonds is 12. The van der Waals surface area contributed by atoms with Gasteiger partial charge < -0.3 is 18.3 Å². The van der Waals surface area contributed by atoms with Gasteiger partial charge in [0.25, 0.3) is 0 Å². The number of esters is 1. The Morgan fingerprint density at radius 2 is 1.62 bits per heavy atom. The maximum atomic E-state index is 12.6. The molecule has 0 aromatic rings. The lowest BCUT2D eigenvalue weighted by atomic mass is 9.63. The van der Waals surface area contributed by atoms with Crippen LogP contribution in [0.25, 0.3) is 0 Å². The van der Waals surface area contributed by atoms with Gasteiger partial charge in [-0.1, -0.05) is 92.2 Å². The van der Waals surface area contributed by atoms with E-state index in [1.54, 1.807) is 0 Å². The van der Waals surface area contributed by atoms with Gasteiger partial charge in [0, 0.05) is 6.42 Å². The summed E-state index contributed by atoms with van der Waals surface area (Å²) in [6.45, 7) is 38.5. The normalized spacial score (nSPS) is 28.4. The molecule has 0 unspecified atom stereocenters.